The first-order valence-corrected chi connectivity index (χ1v) is 10.1. The lowest BCUT2D eigenvalue weighted by Gasteiger charge is -2.15. The van der Waals surface area contributed by atoms with Gasteiger partial charge in [-0.25, -0.2) is 9.80 Å². The van der Waals surface area contributed by atoms with E-state index >= 15 is 0 Å². The first-order valence-electron chi connectivity index (χ1n) is 10.1. The van der Waals surface area contributed by atoms with Crippen molar-refractivity contribution in [3.63, 3.8) is 0 Å². The molecule has 2 aromatic rings. The summed E-state index contributed by atoms with van der Waals surface area (Å²) in [6.07, 6.45) is 6.53. The third-order valence-corrected chi connectivity index (χ3v) is 4.88. The van der Waals surface area contributed by atoms with Crippen LogP contribution in [-0.4, -0.2) is 36.8 Å². The SMILES string of the molecule is O=C1C=CC(=O)N1c1ccc(OCCCCOc2ccc(N3C(=O)C=CC3=O)cc2)cc1. The number of carbonyl (C=O) groups is 4. The van der Waals surface area contributed by atoms with Gasteiger partial charge in [-0.3, -0.25) is 19.2 Å². The number of benzene rings is 2. The van der Waals surface area contributed by atoms with Crippen molar-refractivity contribution in [3.05, 3.63) is 72.8 Å². The lowest BCUT2D eigenvalue weighted by Crippen LogP contribution is -2.29. The minimum atomic E-state index is -0.353. The van der Waals surface area contributed by atoms with Crippen LogP contribution in [0.4, 0.5) is 11.4 Å². The predicted octanol–water partition coefficient (Wildman–Crippen LogP) is 2.78. The average molecular weight is 432 g/mol. The number of carbonyl (C=O) groups excluding carboxylic acids is 4. The van der Waals surface area contributed by atoms with Crippen molar-refractivity contribution in [2.45, 2.75) is 12.8 Å². The largest absolute Gasteiger partial charge is 0.494 e. The number of unbranched alkanes of at least 4 members (excludes halogenated alkanes) is 1. The molecule has 0 aromatic heterocycles. The Morgan fingerprint density at radius 1 is 0.500 bits per heavy atom. The van der Waals surface area contributed by atoms with Crippen LogP contribution in [0.3, 0.4) is 0 Å². The third kappa shape index (κ3) is 4.59. The van der Waals surface area contributed by atoms with Crippen LogP contribution in [0, 0.1) is 0 Å². The van der Waals surface area contributed by atoms with Gasteiger partial charge in [0, 0.05) is 24.3 Å². The maximum atomic E-state index is 11.7. The molecule has 162 valence electrons. The molecule has 0 saturated heterocycles. The van der Waals surface area contributed by atoms with Crippen LogP contribution in [0.2, 0.25) is 0 Å². The molecule has 0 unspecified atom stereocenters. The van der Waals surface area contributed by atoms with Crippen molar-refractivity contribution < 1.29 is 28.7 Å². The van der Waals surface area contributed by atoms with Crippen molar-refractivity contribution in [2.75, 3.05) is 23.0 Å². The molecule has 2 heterocycles. The highest BCUT2D eigenvalue weighted by Gasteiger charge is 2.25. The van der Waals surface area contributed by atoms with Gasteiger partial charge in [0.1, 0.15) is 11.5 Å². The highest BCUT2D eigenvalue weighted by Crippen LogP contribution is 2.24. The van der Waals surface area contributed by atoms with Crippen LogP contribution < -0.4 is 19.3 Å². The van der Waals surface area contributed by atoms with Crippen LogP contribution in [-0.2, 0) is 19.2 Å². The third-order valence-electron chi connectivity index (χ3n) is 4.88. The van der Waals surface area contributed by atoms with Gasteiger partial charge in [-0.05, 0) is 61.4 Å². The summed E-state index contributed by atoms with van der Waals surface area (Å²) in [6, 6.07) is 13.6. The van der Waals surface area contributed by atoms with Crippen LogP contribution in [0.25, 0.3) is 0 Å². The van der Waals surface area contributed by atoms with Crippen molar-refractivity contribution in [2.24, 2.45) is 0 Å². The summed E-state index contributed by atoms with van der Waals surface area (Å²) in [5.74, 6) is -0.112. The minimum absolute atomic E-state index is 0.353. The molecular formula is C24H20N2O6. The van der Waals surface area contributed by atoms with Gasteiger partial charge in [0.2, 0.25) is 0 Å². The lowest BCUT2D eigenvalue weighted by atomic mass is 10.2. The molecule has 0 N–H and O–H groups in total. The standard InChI is InChI=1S/C24H20N2O6/c27-21-11-12-22(28)25(21)17-3-7-19(8-4-17)31-15-1-2-16-32-20-9-5-18(6-10-20)26-23(29)13-14-24(26)30/h3-14H,1-2,15-16H2. The fraction of sp³-hybridized carbons (Fsp3) is 0.167. The topological polar surface area (TPSA) is 93.2 Å². The molecule has 2 aromatic carbocycles. The first-order chi connectivity index (χ1) is 15.5. The monoisotopic (exact) mass is 432 g/mol. The van der Waals surface area contributed by atoms with E-state index in [9.17, 15) is 19.2 Å². The number of anilines is 2. The summed E-state index contributed by atoms with van der Waals surface area (Å²) in [7, 11) is 0. The first kappa shape index (κ1) is 21.0. The Bertz CT molecular complexity index is 977. The summed E-state index contributed by atoms with van der Waals surface area (Å²) in [4.78, 5) is 49.0. The number of hydrogen-bond acceptors (Lipinski definition) is 6. The molecule has 0 saturated carbocycles. The molecule has 8 nitrogen and oxygen atoms in total. The van der Waals surface area contributed by atoms with Gasteiger partial charge in [-0.1, -0.05) is 0 Å². The Kier molecular flexibility index (Phi) is 6.12. The van der Waals surface area contributed by atoms with E-state index in [2.05, 4.69) is 0 Å². The highest BCUT2D eigenvalue weighted by atomic mass is 16.5. The van der Waals surface area contributed by atoms with Crippen molar-refractivity contribution in [3.8, 4) is 11.5 Å². The number of ether oxygens (including phenoxy) is 2. The molecule has 0 bridgehead atoms. The summed E-state index contributed by atoms with van der Waals surface area (Å²) >= 11 is 0. The highest BCUT2D eigenvalue weighted by molar-refractivity contribution is 6.28. The number of nitrogens with zero attached hydrogens (tertiary/aromatic N) is 2. The van der Waals surface area contributed by atoms with Gasteiger partial charge in [0.05, 0.1) is 24.6 Å². The molecule has 0 fully saturated rings. The Hall–Kier alpha value is -4.20. The zero-order chi connectivity index (χ0) is 22.5. The van der Waals surface area contributed by atoms with Crippen molar-refractivity contribution in [1.29, 1.82) is 0 Å². The Labute approximate surface area is 184 Å². The van der Waals surface area contributed by atoms with E-state index in [1.165, 1.54) is 24.3 Å². The summed E-state index contributed by atoms with van der Waals surface area (Å²) in [5, 5.41) is 0. The quantitative estimate of drug-likeness (QED) is 0.447. The smallest absolute Gasteiger partial charge is 0.258 e. The fourth-order valence-electron chi connectivity index (χ4n) is 3.28. The molecule has 32 heavy (non-hydrogen) atoms. The zero-order valence-corrected chi connectivity index (χ0v) is 17.1. The van der Waals surface area contributed by atoms with Gasteiger partial charge in [-0.2, -0.15) is 0 Å². The van der Waals surface area contributed by atoms with E-state index in [0.717, 1.165) is 22.6 Å². The molecule has 0 spiro atoms. The fourth-order valence-corrected chi connectivity index (χ4v) is 3.28. The van der Waals surface area contributed by atoms with Crippen LogP contribution in [0.1, 0.15) is 12.8 Å². The van der Waals surface area contributed by atoms with Gasteiger partial charge < -0.3 is 9.47 Å². The maximum Gasteiger partial charge on any atom is 0.258 e. The predicted molar refractivity (Wildman–Crippen MR) is 116 cm³/mol. The molecule has 0 aliphatic carbocycles. The summed E-state index contributed by atoms with van der Waals surface area (Å²) < 4.78 is 11.4. The van der Waals surface area contributed by atoms with Crippen molar-refractivity contribution >= 4 is 35.0 Å². The van der Waals surface area contributed by atoms with E-state index in [1.54, 1.807) is 48.5 Å². The molecule has 4 amide bonds. The Balaban J connectivity index is 1.16. The Morgan fingerprint density at radius 2 is 0.812 bits per heavy atom. The van der Waals surface area contributed by atoms with E-state index in [0.29, 0.717) is 36.1 Å². The zero-order valence-electron chi connectivity index (χ0n) is 17.1. The van der Waals surface area contributed by atoms with E-state index < -0.39 is 0 Å². The minimum Gasteiger partial charge on any atom is -0.494 e. The van der Waals surface area contributed by atoms with E-state index in [4.69, 9.17) is 9.47 Å². The summed E-state index contributed by atoms with van der Waals surface area (Å²) in [5.41, 5.74) is 1.01. The molecular weight excluding hydrogens is 412 g/mol. The second kappa shape index (κ2) is 9.30. The molecule has 0 radical (unpaired) electrons. The van der Waals surface area contributed by atoms with Gasteiger partial charge in [0.25, 0.3) is 23.6 Å². The van der Waals surface area contributed by atoms with Crippen molar-refractivity contribution in [1.82, 2.24) is 0 Å². The molecule has 0 atom stereocenters. The number of hydrogen-bond donors (Lipinski definition) is 0. The van der Waals surface area contributed by atoms with E-state index in [-0.39, 0.29) is 23.6 Å². The second-order valence-corrected chi connectivity index (χ2v) is 7.08. The normalized spacial score (nSPS) is 15.2. The summed E-state index contributed by atoms with van der Waals surface area (Å²) in [6.45, 7) is 0.994. The van der Waals surface area contributed by atoms with Crippen LogP contribution in [0.15, 0.2) is 72.8 Å². The lowest BCUT2D eigenvalue weighted by molar-refractivity contribution is -0.121. The number of imide groups is 2. The van der Waals surface area contributed by atoms with Crippen LogP contribution in [0.5, 0.6) is 11.5 Å². The molecule has 2 aliphatic rings. The average Bonchev–Trinajstić information content (AvgIpc) is 3.31. The van der Waals surface area contributed by atoms with E-state index in [1.807, 2.05) is 0 Å². The maximum absolute atomic E-state index is 11.7. The van der Waals surface area contributed by atoms with Gasteiger partial charge in [0.15, 0.2) is 0 Å². The molecule has 8 heteroatoms. The van der Waals surface area contributed by atoms with Crippen LogP contribution >= 0.6 is 0 Å². The van der Waals surface area contributed by atoms with Gasteiger partial charge >= 0.3 is 0 Å². The number of amides is 4. The number of rotatable bonds is 9. The second-order valence-electron chi connectivity index (χ2n) is 7.08. The van der Waals surface area contributed by atoms with Gasteiger partial charge in [-0.15, -0.1) is 0 Å². The molecule has 2 aliphatic heterocycles. The molecule has 4 rings (SSSR count). The Morgan fingerprint density at radius 3 is 1.12 bits per heavy atom.